The molecule has 3 rings (SSSR count). The molecule has 0 saturated carbocycles. The quantitative estimate of drug-likeness (QED) is 0.735. The number of rotatable bonds is 4. The zero-order valence-corrected chi connectivity index (χ0v) is 11.4. The van der Waals surface area contributed by atoms with Gasteiger partial charge in [0.05, 0.1) is 6.61 Å². The molecule has 3 N–H and O–H groups in total. The molecular weight excluding hydrogens is 272 g/mol. The fraction of sp³-hybridized carbons (Fsp3) is 0.231. The number of nitrogens with one attached hydrogen (secondary N) is 1. The average Bonchev–Trinajstić information content (AvgIpc) is 2.85. The molecule has 8 nitrogen and oxygen atoms in total. The van der Waals surface area contributed by atoms with Crippen LogP contribution in [0.5, 0.6) is 5.75 Å². The monoisotopic (exact) mass is 286 g/mol. The first kappa shape index (κ1) is 13.1. The average molecular weight is 286 g/mol. The molecule has 0 bridgehead atoms. The van der Waals surface area contributed by atoms with Gasteiger partial charge in [-0.2, -0.15) is 9.61 Å². The van der Waals surface area contributed by atoms with Crippen LogP contribution in [0.3, 0.4) is 0 Å². The first-order valence-corrected chi connectivity index (χ1v) is 6.53. The molecule has 0 saturated heterocycles. The SMILES string of the molecule is CCCOc1ccc(-c2nn3c(N)nnc3[nH]c2=O)cc1. The van der Waals surface area contributed by atoms with Gasteiger partial charge in [0.1, 0.15) is 5.75 Å². The normalized spacial score (nSPS) is 10.9. The van der Waals surface area contributed by atoms with Crippen molar-refractivity contribution in [1.82, 2.24) is 24.8 Å². The summed E-state index contributed by atoms with van der Waals surface area (Å²) in [5, 5.41) is 11.5. The second kappa shape index (κ2) is 5.23. The molecule has 21 heavy (non-hydrogen) atoms. The van der Waals surface area contributed by atoms with Gasteiger partial charge in [0.15, 0.2) is 5.69 Å². The van der Waals surface area contributed by atoms with Gasteiger partial charge in [-0.3, -0.25) is 9.78 Å². The summed E-state index contributed by atoms with van der Waals surface area (Å²) in [6.45, 7) is 2.69. The van der Waals surface area contributed by atoms with E-state index in [1.807, 2.05) is 6.92 Å². The molecule has 0 aliphatic heterocycles. The smallest absolute Gasteiger partial charge is 0.279 e. The van der Waals surface area contributed by atoms with Crippen molar-refractivity contribution in [3.05, 3.63) is 34.6 Å². The van der Waals surface area contributed by atoms with Crippen molar-refractivity contribution in [2.45, 2.75) is 13.3 Å². The van der Waals surface area contributed by atoms with E-state index in [4.69, 9.17) is 10.5 Å². The molecule has 0 radical (unpaired) electrons. The number of nitrogens with zero attached hydrogens (tertiary/aromatic N) is 4. The molecule has 2 heterocycles. The Balaban J connectivity index is 2.01. The van der Waals surface area contributed by atoms with Gasteiger partial charge in [-0.1, -0.05) is 6.92 Å². The van der Waals surface area contributed by atoms with Crippen LogP contribution in [0, 0.1) is 0 Å². The Morgan fingerprint density at radius 1 is 1.29 bits per heavy atom. The fourth-order valence-electron chi connectivity index (χ4n) is 1.89. The van der Waals surface area contributed by atoms with Crippen LogP contribution < -0.4 is 16.0 Å². The number of hydrogen-bond donors (Lipinski definition) is 2. The number of aromatic nitrogens is 5. The number of ether oxygens (including phenoxy) is 1. The number of fused-ring (bicyclic) bond motifs is 1. The van der Waals surface area contributed by atoms with Crippen LogP contribution in [0.1, 0.15) is 13.3 Å². The summed E-state index contributed by atoms with van der Waals surface area (Å²) in [7, 11) is 0. The van der Waals surface area contributed by atoms with Crippen LogP contribution in [0.4, 0.5) is 5.95 Å². The Hall–Kier alpha value is -2.90. The van der Waals surface area contributed by atoms with Crippen LogP contribution in [-0.2, 0) is 0 Å². The summed E-state index contributed by atoms with van der Waals surface area (Å²) in [5.41, 5.74) is 6.20. The molecule has 0 aliphatic rings. The second-order valence-corrected chi connectivity index (χ2v) is 4.47. The van der Waals surface area contributed by atoms with Gasteiger partial charge in [-0.05, 0) is 30.7 Å². The van der Waals surface area contributed by atoms with Gasteiger partial charge in [-0.15, -0.1) is 10.2 Å². The minimum atomic E-state index is -0.350. The number of nitrogen functional groups attached to an aromatic ring is 1. The summed E-state index contributed by atoms with van der Waals surface area (Å²) < 4.78 is 6.79. The van der Waals surface area contributed by atoms with Gasteiger partial charge in [0.2, 0.25) is 5.95 Å². The van der Waals surface area contributed by atoms with Gasteiger partial charge < -0.3 is 10.5 Å². The molecule has 8 heteroatoms. The highest BCUT2D eigenvalue weighted by atomic mass is 16.5. The van der Waals surface area contributed by atoms with E-state index < -0.39 is 0 Å². The standard InChI is InChI=1S/C13H14N6O2/c1-2-7-21-9-5-3-8(4-6-9)10-11(20)15-13-17-16-12(14)19(13)18-10/h3-6H,2,7H2,1H3,(H2,14,16)(H,15,17,20). The second-order valence-electron chi connectivity index (χ2n) is 4.47. The van der Waals surface area contributed by atoms with Crippen molar-refractivity contribution >= 4 is 11.7 Å². The van der Waals surface area contributed by atoms with Crippen molar-refractivity contribution in [2.24, 2.45) is 0 Å². The maximum absolute atomic E-state index is 12.0. The number of nitrogens with two attached hydrogens (primary N) is 1. The number of aromatic amines is 1. The van der Waals surface area contributed by atoms with Crippen molar-refractivity contribution < 1.29 is 4.74 Å². The molecule has 0 unspecified atom stereocenters. The molecule has 0 atom stereocenters. The Labute approximate surface area is 119 Å². The van der Waals surface area contributed by atoms with Crippen LogP contribution in [0.15, 0.2) is 29.1 Å². The highest BCUT2D eigenvalue weighted by molar-refractivity contribution is 5.59. The van der Waals surface area contributed by atoms with Gasteiger partial charge >= 0.3 is 0 Å². The van der Waals surface area contributed by atoms with E-state index in [0.717, 1.165) is 12.2 Å². The predicted octanol–water partition coefficient (Wildman–Crippen LogP) is 0.851. The van der Waals surface area contributed by atoms with E-state index in [-0.39, 0.29) is 23.0 Å². The van der Waals surface area contributed by atoms with Crippen LogP contribution in [-0.4, -0.2) is 31.4 Å². The minimum Gasteiger partial charge on any atom is -0.494 e. The summed E-state index contributed by atoms with van der Waals surface area (Å²) in [5.74, 6) is 1.08. The number of H-pyrrole nitrogens is 1. The summed E-state index contributed by atoms with van der Waals surface area (Å²) >= 11 is 0. The first-order chi connectivity index (χ1) is 10.2. The molecular formula is C13H14N6O2. The number of anilines is 1. The third-order valence-electron chi connectivity index (χ3n) is 2.91. The van der Waals surface area contributed by atoms with Crippen LogP contribution >= 0.6 is 0 Å². The lowest BCUT2D eigenvalue weighted by atomic mass is 10.1. The molecule has 2 aromatic heterocycles. The van der Waals surface area contributed by atoms with E-state index in [1.54, 1.807) is 24.3 Å². The van der Waals surface area contributed by atoms with Gasteiger partial charge in [-0.25, -0.2) is 0 Å². The highest BCUT2D eigenvalue weighted by Crippen LogP contribution is 2.18. The number of hydrogen-bond acceptors (Lipinski definition) is 6. The fourth-order valence-corrected chi connectivity index (χ4v) is 1.89. The van der Waals surface area contributed by atoms with E-state index in [9.17, 15) is 4.79 Å². The largest absolute Gasteiger partial charge is 0.494 e. The Bertz CT molecular complexity index is 821. The van der Waals surface area contributed by atoms with E-state index in [1.165, 1.54) is 4.52 Å². The molecule has 1 aromatic carbocycles. The Kier molecular flexibility index (Phi) is 3.27. The number of benzene rings is 1. The van der Waals surface area contributed by atoms with Crippen molar-refractivity contribution in [3.63, 3.8) is 0 Å². The van der Waals surface area contributed by atoms with Crippen LogP contribution in [0.2, 0.25) is 0 Å². The third kappa shape index (κ3) is 2.42. The zero-order valence-electron chi connectivity index (χ0n) is 11.4. The van der Waals surface area contributed by atoms with Crippen molar-refractivity contribution in [3.8, 4) is 17.0 Å². The van der Waals surface area contributed by atoms with Crippen molar-refractivity contribution in [1.29, 1.82) is 0 Å². The molecule has 3 aromatic rings. The lowest BCUT2D eigenvalue weighted by Gasteiger charge is -2.05. The maximum Gasteiger partial charge on any atom is 0.279 e. The molecule has 0 amide bonds. The molecule has 0 aliphatic carbocycles. The summed E-state index contributed by atoms with van der Waals surface area (Å²) in [6.07, 6.45) is 0.937. The van der Waals surface area contributed by atoms with E-state index >= 15 is 0 Å². The zero-order chi connectivity index (χ0) is 14.8. The topological polar surface area (TPSA) is 111 Å². The van der Waals surface area contributed by atoms with Crippen LogP contribution in [0.25, 0.3) is 17.0 Å². The van der Waals surface area contributed by atoms with Gasteiger partial charge in [0, 0.05) is 5.56 Å². The van der Waals surface area contributed by atoms with E-state index in [2.05, 4.69) is 20.3 Å². The minimum absolute atomic E-state index is 0.116. The molecule has 0 spiro atoms. The molecule has 0 fully saturated rings. The van der Waals surface area contributed by atoms with Crippen molar-refractivity contribution in [2.75, 3.05) is 12.3 Å². The summed E-state index contributed by atoms with van der Waals surface area (Å²) in [4.78, 5) is 14.6. The third-order valence-corrected chi connectivity index (χ3v) is 2.91. The maximum atomic E-state index is 12.0. The Morgan fingerprint density at radius 2 is 2.05 bits per heavy atom. The highest BCUT2D eigenvalue weighted by Gasteiger charge is 2.11. The molecule has 108 valence electrons. The summed E-state index contributed by atoms with van der Waals surface area (Å²) in [6, 6.07) is 7.14. The predicted molar refractivity (Wildman–Crippen MR) is 77.0 cm³/mol. The Morgan fingerprint density at radius 3 is 2.76 bits per heavy atom. The lowest BCUT2D eigenvalue weighted by Crippen LogP contribution is -2.15. The lowest BCUT2D eigenvalue weighted by molar-refractivity contribution is 0.317. The van der Waals surface area contributed by atoms with Gasteiger partial charge in [0.25, 0.3) is 11.3 Å². The van der Waals surface area contributed by atoms with E-state index in [0.29, 0.717) is 12.2 Å². The first-order valence-electron chi connectivity index (χ1n) is 6.53.